The van der Waals surface area contributed by atoms with Gasteiger partial charge in [-0.1, -0.05) is 13.3 Å². The molecule has 1 aliphatic heterocycles. The third-order valence-corrected chi connectivity index (χ3v) is 5.56. The molecule has 0 amide bonds. The summed E-state index contributed by atoms with van der Waals surface area (Å²) in [6.07, 6.45) is 3.76. The molecular formula is C25H31NO6. The number of phenols is 1. The van der Waals surface area contributed by atoms with Gasteiger partial charge in [-0.3, -0.25) is 4.79 Å². The van der Waals surface area contributed by atoms with Crippen LogP contribution in [0.15, 0.2) is 24.0 Å². The fraction of sp³-hybridized carbons (Fsp3) is 0.400. The summed E-state index contributed by atoms with van der Waals surface area (Å²) >= 11 is 0. The second-order valence-corrected chi connectivity index (χ2v) is 7.85. The number of aryl methyl sites for hydroxylation is 1. The van der Waals surface area contributed by atoms with Crippen molar-refractivity contribution in [2.24, 2.45) is 0 Å². The molecule has 0 saturated carbocycles. The average Bonchev–Trinajstić information content (AvgIpc) is 3.10. The highest BCUT2D eigenvalue weighted by atomic mass is 16.5. The molecule has 172 valence electrons. The average molecular weight is 442 g/mol. The molecule has 0 spiro atoms. The number of aromatic hydroxyl groups is 1. The van der Waals surface area contributed by atoms with Gasteiger partial charge in [-0.05, 0) is 56.8 Å². The number of nitrogens with zero attached hydrogens (tertiary/aromatic N) is 1. The molecule has 0 atom stereocenters. The zero-order valence-corrected chi connectivity index (χ0v) is 19.6. The predicted octanol–water partition coefficient (Wildman–Crippen LogP) is 4.57. The number of ketones is 1. The van der Waals surface area contributed by atoms with Crippen LogP contribution in [-0.2, 0) is 6.54 Å². The number of rotatable bonds is 9. The smallest absolute Gasteiger partial charge is 0.232 e. The Kier molecular flexibility index (Phi) is 7.30. The molecule has 0 fully saturated rings. The van der Waals surface area contributed by atoms with Crippen molar-refractivity contribution in [1.29, 1.82) is 0 Å². The lowest BCUT2D eigenvalue weighted by molar-refractivity contribution is 0.101. The summed E-state index contributed by atoms with van der Waals surface area (Å²) < 4.78 is 22.3. The van der Waals surface area contributed by atoms with Crippen LogP contribution < -0.4 is 18.9 Å². The first-order valence-electron chi connectivity index (χ1n) is 10.6. The van der Waals surface area contributed by atoms with Gasteiger partial charge < -0.3 is 29.0 Å². The van der Waals surface area contributed by atoms with E-state index in [1.54, 1.807) is 38.3 Å². The Labute approximate surface area is 189 Å². The van der Waals surface area contributed by atoms with E-state index in [-0.39, 0.29) is 17.3 Å². The molecule has 0 unspecified atom stereocenters. The lowest BCUT2D eigenvalue weighted by atomic mass is 9.99. The quantitative estimate of drug-likeness (QED) is 0.571. The van der Waals surface area contributed by atoms with Crippen LogP contribution in [0.2, 0.25) is 0 Å². The Balaban J connectivity index is 2.03. The van der Waals surface area contributed by atoms with Crippen LogP contribution in [0, 0.1) is 6.92 Å². The fourth-order valence-corrected chi connectivity index (χ4v) is 3.89. The summed E-state index contributed by atoms with van der Waals surface area (Å²) in [5.74, 6) is 1.86. The Bertz CT molecular complexity index is 1040. The number of fused-ring (bicyclic) bond motifs is 1. The number of ether oxygens (including phenoxy) is 4. The van der Waals surface area contributed by atoms with E-state index < -0.39 is 0 Å². The first-order valence-corrected chi connectivity index (χ1v) is 10.6. The fourth-order valence-electron chi connectivity index (χ4n) is 3.89. The maximum absolute atomic E-state index is 13.2. The van der Waals surface area contributed by atoms with E-state index in [9.17, 15) is 9.90 Å². The minimum atomic E-state index is -0.230. The van der Waals surface area contributed by atoms with Gasteiger partial charge in [0.1, 0.15) is 11.5 Å². The highest BCUT2D eigenvalue weighted by Crippen LogP contribution is 2.44. The summed E-state index contributed by atoms with van der Waals surface area (Å²) in [4.78, 5) is 15.3. The van der Waals surface area contributed by atoms with Crippen LogP contribution in [0.5, 0.6) is 28.7 Å². The van der Waals surface area contributed by atoms with Crippen LogP contribution in [0.3, 0.4) is 0 Å². The number of allylic oxidation sites excluding steroid dienone is 1. The molecule has 1 aliphatic rings. The number of carbonyl (C=O) groups excluding carboxylic acids is 1. The minimum absolute atomic E-state index is 0.127. The van der Waals surface area contributed by atoms with Crippen molar-refractivity contribution in [3.63, 3.8) is 0 Å². The molecule has 0 radical (unpaired) electrons. The van der Waals surface area contributed by atoms with Gasteiger partial charge in [0, 0.05) is 12.1 Å². The third-order valence-electron chi connectivity index (χ3n) is 5.56. The highest BCUT2D eigenvalue weighted by Gasteiger charge is 2.34. The van der Waals surface area contributed by atoms with Crippen LogP contribution >= 0.6 is 0 Å². The van der Waals surface area contributed by atoms with Gasteiger partial charge >= 0.3 is 0 Å². The standard InChI is InChI=1S/C25H31NO6/c1-7-8-11-26(3)14-17-18(27)12-15(2)21-22(28)20(32-24(17)21)13-16-9-10-19(29-4)25(31-6)23(16)30-5/h9-10,12-13,27H,7-8,11,14H2,1-6H3/b20-13-. The van der Waals surface area contributed by atoms with Crippen molar-refractivity contribution in [3.05, 3.63) is 46.2 Å². The molecule has 3 rings (SSSR count). The van der Waals surface area contributed by atoms with Gasteiger partial charge in [0.05, 0.1) is 32.5 Å². The summed E-state index contributed by atoms with van der Waals surface area (Å²) in [6, 6.07) is 5.14. The van der Waals surface area contributed by atoms with Gasteiger partial charge in [0.2, 0.25) is 11.5 Å². The SMILES string of the molecule is CCCCN(C)Cc1c(O)cc(C)c2c1O/C(=C\c1ccc(OC)c(OC)c1OC)C2=O. The molecule has 1 heterocycles. The number of hydrogen-bond acceptors (Lipinski definition) is 7. The lowest BCUT2D eigenvalue weighted by Crippen LogP contribution is -2.19. The Morgan fingerprint density at radius 2 is 1.84 bits per heavy atom. The van der Waals surface area contributed by atoms with Gasteiger partial charge in [-0.25, -0.2) is 0 Å². The van der Waals surface area contributed by atoms with Crippen LogP contribution in [0.1, 0.15) is 46.8 Å². The third kappa shape index (κ3) is 4.39. The van der Waals surface area contributed by atoms with Crippen molar-refractivity contribution in [2.75, 3.05) is 34.9 Å². The number of methoxy groups -OCH3 is 3. The van der Waals surface area contributed by atoms with Crippen LogP contribution in [0.4, 0.5) is 0 Å². The Morgan fingerprint density at radius 3 is 2.47 bits per heavy atom. The topological polar surface area (TPSA) is 77.5 Å². The first-order chi connectivity index (χ1) is 15.4. The molecule has 1 N–H and O–H groups in total. The predicted molar refractivity (Wildman–Crippen MR) is 123 cm³/mol. The van der Waals surface area contributed by atoms with Crippen molar-refractivity contribution >= 4 is 11.9 Å². The van der Waals surface area contributed by atoms with Crippen LogP contribution in [0.25, 0.3) is 6.08 Å². The monoisotopic (exact) mass is 441 g/mol. The van der Waals surface area contributed by atoms with Crippen molar-refractivity contribution in [1.82, 2.24) is 4.90 Å². The van der Waals surface area contributed by atoms with E-state index in [1.807, 2.05) is 7.05 Å². The molecule has 32 heavy (non-hydrogen) atoms. The summed E-state index contributed by atoms with van der Waals surface area (Å²) in [6.45, 7) is 5.30. The highest BCUT2D eigenvalue weighted by molar-refractivity contribution is 6.16. The number of phenolic OH excluding ortho intramolecular Hbond substituents is 1. The summed E-state index contributed by atoms with van der Waals surface area (Å²) in [5.41, 5.74) is 2.38. The first kappa shape index (κ1) is 23.5. The largest absolute Gasteiger partial charge is 0.507 e. The van der Waals surface area contributed by atoms with Crippen molar-refractivity contribution in [2.45, 2.75) is 33.2 Å². The molecule has 2 aromatic carbocycles. The molecular weight excluding hydrogens is 410 g/mol. The normalized spacial score (nSPS) is 14.0. The molecule has 7 heteroatoms. The Hall–Kier alpha value is -3.19. The minimum Gasteiger partial charge on any atom is -0.507 e. The van der Waals surface area contributed by atoms with Crippen molar-refractivity contribution < 1.29 is 28.8 Å². The second-order valence-electron chi connectivity index (χ2n) is 7.85. The molecule has 0 aromatic heterocycles. The maximum Gasteiger partial charge on any atom is 0.232 e. The maximum atomic E-state index is 13.2. The number of hydrogen-bond donors (Lipinski definition) is 1. The summed E-state index contributed by atoms with van der Waals surface area (Å²) in [5, 5.41) is 10.6. The van der Waals surface area contributed by atoms with E-state index in [4.69, 9.17) is 18.9 Å². The van der Waals surface area contributed by atoms with Gasteiger partial charge in [0.15, 0.2) is 17.3 Å². The zero-order chi connectivity index (χ0) is 23.4. The summed E-state index contributed by atoms with van der Waals surface area (Å²) in [7, 11) is 6.59. The van der Waals surface area contributed by atoms with Crippen LogP contribution in [-0.4, -0.2) is 50.7 Å². The zero-order valence-electron chi connectivity index (χ0n) is 19.6. The van der Waals surface area contributed by atoms with E-state index >= 15 is 0 Å². The van der Waals surface area contributed by atoms with Gasteiger partial charge in [-0.15, -0.1) is 0 Å². The molecule has 0 bridgehead atoms. The number of carbonyl (C=O) groups is 1. The molecule has 0 aliphatic carbocycles. The van der Waals surface area contributed by atoms with E-state index in [2.05, 4.69) is 11.8 Å². The number of benzene rings is 2. The van der Waals surface area contributed by atoms with E-state index in [0.717, 1.165) is 19.4 Å². The lowest BCUT2D eigenvalue weighted by Gasteiger charge is -2.19. The van der Waals surface area contributed by atoms with Gasteiger partial charge in [0.25, 0.3) is 0 Å². The number of unbranched alkanes of at least 4 members (excludes halogenated alkanes) is 1. The second kappa shape index (κ2) is 9.96. The van der Waals surface area contributed by atoms with E-state index in [1.165, 1.54) is 14.2 Å². The molecule has 7 nitrogen and oxygen atoms in total. The molecule has 0 saturated heterocycles. The van der Waals surface area contributed by atoms with Crippen molar-refractivity contribution in [3.8, 4) is 28.7 Å². The molecule has 2 aromatic rings. The van der Waals surface area contributed by atoms with E-state index in [0.29, 0.717) is 51.8 Å². The van der Waals surface area contributed by atoms with Gasteiger partial charge in [-0.2, -0.15) is 0 Å². The number of Topliss-reactive ketones (excluding diaryl/α,β-unsaturated/α-hetero) is 1. The Morgan fingerprint density at radius 1 is 1.12 bits per heavy atom.